The minimum Gasteiger partial charge on any atom is -0.469 e. The number of nitrogens with zero attached hydrogens (tertiary/aromatic N) is 5. The molecule has 0 N–H and O–H groups in total. The van der Waals surface area contributed by atoms with Crippen LogP contribution in [0.15, 0.2) is 74.1 Å². The highest BCUT2D eigenvalue weighted by Gasteiger charge is 2.37. The molecule has 1 aromatic carbocycles. The third-order valence-corrected chi connectivity index (χ3v) is 7.12. The summed E-state index contributed by atoms with van der Waals surface area (Å²) in [5.74, 6) is 2.00. The van der Waals surface area contributed by atoms with Crippen LogP contribution in [-0.2, 0) is 11.8 Å². The molecule has 1 amide bonds. The van der Waals surface area contributed by atoms with E-state index in [1.54, 1.807) is 12.5 Å². The van der Waals surface area contributed by atoms with Crippen molar-refractivity contribution in [1.82, 2.24) is 19.8 Å². The van der Waals surface area contributed by atoms with Gasteiger partial charge in [-0.2, -0.15) is 5.10 Å². The highest BCUT2D eigenvalue weighted by Crippen LogP contribution is 2.36. The lowest BCUT2D eigenvalue weighted by Gasteiger charge is -2.22. The van der Waals surface area contributed by atoms with Crippen LogP contribution in [-0.4, -0.2) is 36.6 Å². The van der Waals surface area contributed by atoms with E-state index >= 15 is 0 Å². The van der Waals surface area contributed by atoms with E-state index in [0.717, 1.165) is 22.6 Å². The quantitative estimate of drug-likeness (QED) is 0.329. The van der Waals surface area contributed by atoms with Crippen LogP contribution in [0.25, 0.3) is 11.4 Å². The molecule has 4 heterocycles. The first-order valence-corrected chi connectivity index (χ1v) is 12.0. The number of amides is 1. The SMILES string of the molecule is Cc1occc1-c1nnc(SC(C)C(=O)N2N=C(c3ccc(Cl)cc3)CC2c2ccco2)n1C. The number of thioether (sulfide) groups is 1. The topological polar surface area (TPSA) is 89.7 Å². The molecular weight excluding hydrogens is 474 g/mol. The van der Waals surface area contributed by atoms with Gasteiger partial charge < -0.3 is 13.4 Å². The number of benzene rings is 1. The second-order valence-corrected chi connectivity index (χ2v) is 9.73. The maximum absolute atomic E-state index is 13.5. The highest BCUT2D eigenvalue weighted by atomic mass is 35.5. The van der Waals surface area contributed by atoms with Crippen LogP contribution in [0.3, 0.4) is 0 Å². The molecule has 0 fully saturated rings. The Bertz CT molecular complexity index is 1340. The Morgan fingerprint density at radius 2 is 1.94 bits per heavy atom. The second-order valence-electron chi connectivity index (χ2n) is 7.99. The largest absolute Gasteiger partial charge is 0.469 e. The summed E-state index contributed by atoms with van der Waals surface area (Å²) in [6.45, 7) is 3.72. The normalized spacial score (nSPS) is 16.6. The fourth-order valence-corrected chi connectivity index (χ4v) is 4.88. The van der Waals surface area contributed by atoms with Gasteiger partial charge in [-0.3, -0.25) is 4.79 Å². The molecule has 2 atom stereocenters. The highest BCUT2D eigenvalue weighted by molar-refractivity contribution is 8.00. The molecule has 34 heavy (non-hydrogen) atoms. The van der Waals surface area contributed by atoms with Crippen molar-refractivity contribution < 1.29 is 13.6 Å². The molecule has 0 saturated heterocycles. The fraction of sp³-hybridized carbons (Fsp3) is 0.250. The van der Waals surface area contributed by atoms with Crippen molar-refractivity contribution in [3.05, 3.63) is 77.1 Å². The molecule has 0 bridgehead atoms. The van der Waals surface area contributed by atoms with E-state index in [1.165, 1.54) is 16.8 Å². The Balaban J connectivity index is 1.39. The minimum absolute atomic E-state index is 0.139. The van der Waals surface area contributed by atoms with E-state index in [0.29, 0.717) is 28.2 Å². The number of carbonyl (C=O) groups is 1. The van der Waals surface area contributed by atoms with E-state index in [9.17, 15) is 4.79 Å². The summed E-state index contributed by atoms with van der Waals surface area (Å²) in [5.41, 5.74) is 2.60. The van der Waals surface area contributed by atoms with E-state index in [4.69, 9.17) is 25.5 Å². The number of aromatic nitrogens is 3. The van der Waals surface area contributed by atoms with Crippen LogP contribution in [0, 0.1) is 6.92 Å². The Morgan fingerprint density at radius 3 is 2.62 bits per heavy atom. The molecule has 0 radical (unpaired) electrons. The Labute approximate surface area is 205 Å². The van der Waals surface area contributed by atoms with E-state index in [2.05, 4.69) is 10.2 Å². The van der Waals surface area contributed by atoms with Gasteiger partial charge in [0.05, 0.1) is 29.1 Å². The lowest BCUT2D eigenvalue weighted by molar-refractivity contribution is -0.132. The summed E-state index contributed by atoms with van der Waals surface area (Å²) in [6.07, 6.45) is 3.78. The first-order chi connectivity index (χ1) is 16.4. The molecule has 0 aliphatic carbocycles. The lowest BCUT2D eigenvalue weighted by atomic mass is 10.0. The van der Waals surface area contributed by atoms with E-state index in [1.807, 2.05) is 67.9 Å². The van der Waals surface area contributed by atoms with E-state index < -0.39 is 5.25 Å². The molecular formula is C24H22ClN5O3S. The molecule has 8 nitrogen and oxygen atoms in total. The van der Waals surface area contributed by atoms with E-state index in [-0.39, 0.29) is 11.9 Å². The van der Waals surface area contributed by atoms with Gasteiger partial charge in [-0.25, -0.2) is 5.01 Å². The number of rotatable bonds is 6. The Hall–Kier alpha value is -3.30. The Kier molecular flexibility index (Phi) is 6.05. The predicted octanol–water partition coefficient (Wildman–Crippen LogP) is 5.49. The van der Waals surface area contributed by atoms with Crippen molar-refractivity contribution >= 4 is 35.0 Å². The molecule has 2 unspecified atom stereocenters. The molecule has 1 aliphatic heterocycles. The molecule has 3 aromatic heterocycles. The molecule has 5 rings (SSSR count). The molecule has 174 valence electrons. The van der Waals surface area contributed by atoms with Gasteiger partial charge in [0.15, 0.2) is 11.0 Å². The van der Waals surface area contributed by atoms with Crippen LogP contribution in [0.4, 0.5) is 0 Å². The third kappa shape index (κ3) is 4.17. The standard InChI is InChI=1S/C24H22ClN5O3S/c1-14-18(10-12-32-14)22-26-27-24(29(22)3)34-15(2)23(31)30-20(21-5-4-11-33-21)13-19(28-30)16-6-8-17(25)9-7-16/h4-12,15,20H,13H2,1-3H3. The zero-order valence-corrected chi connectivity index (χ0v) is 20.4. The first-order valence-electron chi connectivity index (χ1n) is 10.7. The number of aryl methyl sites for hydroxylation is 1. The summed E-state index contributed by atoms with van der Waals surface area (Å²) in [5, 5.41) is 15.6. The summed E-state index contributed by atoms with van der Waals surface area (Å²) >= 11 is 7.38. The fourth-order valence-electron chi connectivity index (χ4n) is 3.90. The zero-order valence-electron chi connectivity index (χ0n) is 18.8. The zero-order chi connectivity index (χ0) is 23.8. The van der Waals surface area contributed by atoms with Crippen molar-refractivity contribution in [1.29, 1.82) is 0 Å². The second kappa shape index (κ2) is 9.15. The van der Waals surface area contributed by atoms with Crippen molar-refractivity contribution in [2.75, 3.05) is 0 Å². The molecule has 4 aromatic rings. The van der Waals surface area contributed by atoms with Crippen LogP contribution in [0.1, 0.15) is 36.5 Å². The monoisotopic (exact) mass is 495 g/mol. The van der Waals surface area contributed by atoms with Crippen LogP contribution < -0.4 is 0 Å². The number of halogens is 1. The van der Waals surface area contributed by atoms with Gasteiger partial charge in [0, 0.05) is 18.5 Å². The molecule has 10 heteroatoms. The van der Waals surface area contributed by atoms with Gasteiger partial charge in [0.1, 0.15) is 17.6 Å². The van der Waals surface area contributed by atoms with Gasteiger partial charge >= 0.3 is 0 Å². The average Bonchev–Trinajstić information content (AvgIpc) is 3.62. The van der Waals surface area contributed by atoms with Crippen molar-refractivity contribution in [3.63, 3.8) is 0 Å². The number of furan rings is 2. The first kappa shape index (κ1) is 22.5. The third-order valence-electron chi connectivity index (χ3n) is 5.75. The van der Waals surface area contributed by atoms with Crippen LogP contribution >= 0.6 is 23.4 Å². The summed E-state index contributed by atoms with van der Waals surface area (Å²) in [4.78, 5) is 13.5. The minimum atomic E-state index is -0.452. The summed E-state index contributed by atoms with van der Waals surface area (Å²) in [6, 6.07) is 12.7. The number of hydrazone groups is 1. The summed E-state index contributed by atoms with van der Waals surface area (Å²) in [7, 11) is 1.87. The maximum Gasteiger partial charge on any atom is 0.256 e. The van der Waals surface area contributed by atoms with Gasteiger partial charge in [-0.1, -0.05) is 35.5 Å². The lowest BCUT2D eigenvalue weighted by Crippen LogP contribution is -2.33. The van der Waals surface area contributed by atoms with Gasteiger partial charge in [0.25, 0.3) is 5.91 Å². The average molecular weight is 496 g/mol. The van der Waals surface area contributed by atoms with Crippen LogP contribution in [0.5, 0.6) is 0 Å². The number of carbonyl (C=O) groups excluding carboxylic acids is 1. The molecule has 0 spiro atoms. The van der Waals surface area contributed by atoms with Crippen LogP contribution in [0.2, 0.25) is 5.02 Å². The number of hydrogen-bond donors (Lipinski definition) is 0. The maximum atomic E-state index is 13.5. The van der Waals surface area contributed by atoms with Crippen molar-refractivity contribution in [2.24, 2.45) is 12.1 Å². The van der Waals surface area contributed by atoms with Gasteiger partial charge in [-0.05, 0) is 49.7 Å². The smallest absolute Gasteiger partial charge is 0.256 e. The van der Waals surface area contributed by atoms with Crippen molar-refractivity contribution in [3.8, 4) is 11.4 Å². The van der Waals surface area contributed by atoms with Crippen molar-refractivity contribution in [2.45, 2.75) is 36.7 Å². The number of hydrogen-bond acceptors (Lipinski definition) is 7. The molecule has 1 aliphatic rings. The van der Waals surface area contributed by atoms with Gasteiger partial charge in [0.2, 0.25) is 0 Å². The van der Waals surface area contributed by atoms with Gasteiger partial charge in [-0.15, -0.1) is 10.2 Å². The molecule has 0 saturated carbocycles. The summed E-state index contributed by atoms with van der Waals surface area (Å²) < 4.78 is 12.9. The predicted molar refractivity (Wildman–Crippen MR) is 130 cm³/mol. The Morgan fingerprint density at radius 1 is 1.15 bits per heavy atom.